The summed E-state index contributed by atoms with van der Waals surface area (Å²) in [6, 6.07) is 13.5. The number of anilines is 1. The van der Waals surface area contributed by atoms with Crippen LogP contribution in [0.15, 0.2) is 42.5 Å². The number of benzene rings is 2. The maximum atomic E-state index is 6.12. The maximum Gasteiger partial charge on any atom is 0.138 e. The molecule has 1 aliphatic heterocycles. The Morgan fingerprint density at radius 1 is 0.960 bits per heavy atom. The number of ether oxygens (including phenoxy) is 2. The fourth-order valence-corrected chi connectivity index (χ4v) is 3.36. The molecule has 1 aliphatic rings. The predicted molar refractivity (Wildman–Crippen MR) is 104 cm³/mol. The first-order chi connectivity index (χ1) is 12.2. The van der Waals surface area contributed by atoms with Gasteiger partial charge >= 0.3 is 0 Å². The summed E-state index contributed by atoms with van der Waals surface area (Å²) in [5.41, 5.74) is 1.24. The van der Waals surface area contributed by atoms with Gasteiger partial charge in [0.1, 0.15) is 18.1 Å². The lowest BCUT2D eigenvalue weighted by Gasteiger charge is -2.36. The summed E-state index contributed by atoms with van der Waals surface area (Å²) in [4.78, 5) is 4.80. The number of nitrogens with zero attached hydrogens (tertiary/aromatic N) is 2. The van der Waals surface area contributed by atoms with Crippen LogP contribution in [-0.4, -0.2) is 51.3 Å². The van der Waals surface area contributed by atoms with E-state index in [0.29, 0.717) is 22.4 Å². The summed E-state index contributed by atoms with van der Waals surface area (Å²) in [7, 11) is 1.69. The highest BCUT2D eigenvalue weighted by atomic mass is 35.5. The second-order valence-electron chi connectivity index (χ2n) is 5.95. The molecule has 134 valence electrons. The maximum absolute atomic E-state index is 6.12. The monoisotopic (exact) mass is 380 g/mol. The molecule has 25 heavy (non-hydrogen) atoms. The molecule has 1 heterocycles. The third-order valence-electron chi connectivity index (χ3n) is 4.37. The van der Waals surface area contributed by atoms with Crippen molar-refractivity contribution in [3.8, 4) is 11.5 Å². The van der Waals surface area contributed by atoms with Gasteiger partial charge < -0.3 is 14.4 Å². The van der Waals surface area contributed by atoms with E-state index in [1.165, 1.54) is 5.69 Å². The van der Waals surface area contributed by atoms with Crippen LogP contribution in [0.2, 0.25) is 10.0 Å². The molecule has 1 saturated heterocycles. The van der Waals surface area contributed by atoms with Crippen LogP contribution in [0.3, 0.4) is 0 Å². The van der Waals surface area contributed by atoms with Crippen molar-refractivity contribution >= 4 is 28.9 Å². The largest absolute Gasteiger partial charge is 0.497 e. The first-order valence-electron chi connectivity index (χ1n) is 8.35. The fourth-order valence-electron chi connectivity index (χ4n) is 2.90. The molecule has 2 aromatic rings. The van der Waals surface area contributed by atoms with E-state index in [1.807, 2.05) is 18.2 Å². The topological polar surface area (TPSA) is 24.9 Å². The van der Waals surface area contributed by atoms with Crippen LogP contribution in [0.5, 0.6) is 11.5 Å². The molecule has 4 nitrogen and oxygen atoms in total. The molecule has 2 aromatic carbocycles. The van der Waals surface area contributed by atoms with Crippen molar-refractivity contribution in [1.82, 2.24) is 4.90 Å². The molecule has 0 unspecified atom stereocenters. The smallest absolute Gasteiger partial charge is 0.138 e. The number of methoxy groups -OCH3 is 1. The molecule has 0 radical (unpaired) electrons. The fraction of sp³-hybridized carbons (Fsp3) is 0.368. The van der Waals surface area contributed by atoms with Crippen molar-refractivity contribution < 1.29 is 9.47 Å². The van der Waals surface area contributed by atoms with E-state index >= 15 is 0 Å². The Hall–Kier alpha value is -1.62. The quantitative estimate of drug-likeness (QED) is 0.749. The molecule has 0 atom stereocenters. The zero-order valence-electron chi connectivity index (χ0n) is 14.3. The minimum atomic E-state index is 0.553. The molecular weight excluding hydrogens is 359 g/mol. The Kier molecular flexibility index (Phi) is 6.29. The highest BCUT2D eigenvalue weighted by molar-refractivity contribution is 6.35. The lowest BCUT2D eigenvalue weighted by Crippen LogP contribution is -2.47. The zero-order valence-corrected chi connectivity index (χ0v) is 15.8. The molecule has 0 bridgehead atoms. The van der Waals surface area contributed by atoms with Gasteiger partial charge in [0.2, 0.25) is 0 Å². The Labute approximate surface area is 158 Å². The van der Waals surface area contributed by atoms with Crippen molar-refractivity contribution in [3.05, 3.63) is 52.5 Å². The molecule has 0 saturated carbocycles. The van der Waals surface area contributed by atoms with Crippen LogP contribution in [0, 0.1) is 0 Å². The van der Waals surface area contributed by atoms with Gasteiger partial charge in [-0.1, -0.05) is 23.2 Å². The van der Waals surface area contributed by atoms with Gasteiger partial charge in [0, 0.05) is 43.4 Å². The summed E-state index contributed by atoms with van der Waals surface area (Å²) >= 11 is 12.0. The number of hydrogen-bond donors (Lipinski definition) is 0. The Bertz CT molecular complexity index is 686. The van der Waals surface area contributed by atoms with Gasteiger partial charge in [-0.3, -0.25) is 4.90 Å². The van der Waals surface area contributed by atoms with Gasteiger partial charge in [0.25, 0.3) is 0 Å². The van der Waals surface area contributed by atoms with Gasteiger partial charge in [0.15, 0.2) is 0 Å². The average molecular weight is 381 g/mol. The standard InChI is InChI=1S/C19H22Cl2N2O2/c1-24-17-5-3-16(4-6-17)23-10-8-22(9-11-23)12-13-25-19-7-2-15(20)14-18(19)21/h2-7,14H,8-13H2,1H3. The van der Waals surface area contributed by atoms with E-state index in [-0.39, 0.29) is 0 Å². The Morgan fingerprint density at radius 3 is 2.32 bits per heavy atom. The highest BCUT2D eigenvalue weighted by Crippen LogP contribution is 2.27. The lowest BCUT2D eigenvalue weighted by molar-refractivity contribution is 0.200. The molecule has 6 heteroatoms. The summed E-state index contributed by atoms with van der Waals surface area (Å²) in [5, 5.41) is 1.17. The number of hydrogen-bond acceptors (Lipinski definition) is 4. The van der Waals surface area contributed by atoms with Gasteiger partial charge in [-0.2, -0.15) is 0 Å². The molecule has 0 aromatic heterocycles. The van der Waals surface area contributed by atoms with Crippen LogP contribution in [0.25, 0.3) is 0 Å². The average Bonchev–Trinajstić information content (AvgIpc) is 2.64. The third-order valence-corrected chi connectivity index (χ3v) is 4.90. The van der Waals surface area contributed by atoms with E-state index < -0.39 is 0 Å². The van der Waals surface area contributed by atoms with Crippen LogP contribution < -0.4 is 14.4 Å². The van der Waals surface area contributed by atoms with Crippen molar-refractivity contribution in [2.75, 3.05) is 51.3 Å². The second-order valence-corrected chi connectivity index (χ2v) is 6.79. The Balaban J connectivity index is 1.43. The minimum Gasteiger partial charge on any atom is -0.497 e. The van der Waals surface area contributed by atoms with Crippen molar-refractivity contribution in [2.45, 2.75) is 0 Å². The van der Waals surface area contributed by atoms with E-state index in [4.69, 9.17) is 32.7 Å². The van der Waals surface area contributed by atoms with E-state index in [1.54, 1.807) is 19.2 Å². The van der Waals surface area contributed by atoms with Crippen LogP contribution in [0.4, 0.5) is 5.69 Å². The normalized spacial score (nSPS) is 15.2. The first-order valence-corrected chi connectivity index (χ1v) is 9.10. The first kappa shape index (κ1) is 18.2. The van der Waals surface area contributed by atoms with Crippen LogP contribution in [-0.2, 0) is 0 Å². The summed E-state index contributed by atoms with van der Waals surface area (Å²) in [6.45, 7) is 5.55. The molecule has 0 N–H and O–H groups in total. The van der Waals surface area contributed by atoms with Gasteiger partial charge in [0.05, 0.1) is 12.1 Å². The van der Waals surface area contributed by atoms with Crippen molar-refractivity contribution in [2.24, 2.45) is 0 Å². The summed E-state index contributed by atoms with van der Waals surface area (Å²) in [5.74, 6) is 1.57. The number of rotatable bonds is 6. The summed E-state index contributed by atoms with van der Waals surface area (Å²) < 4.78 is 11.0. The molecular formula is C19H22Cl2N2O2. The molecule has 1 fully saturated rings. The van der Waals surface area contributed by atoms with Crippen molar-refractivity contribution in [1.29, 1.82) is 0 Å². The van der Waals surface area contributed by atoms with Crippen LogP contribution in [0.1, 0.15) is 0 Å². The SMILES string of the molecule is COc1ccc(N2CCN(CCOc3ccc(Cl)cc3Cl)CC2)cc1. The molecule has 0 aliphatic carbocycles. The lowest BCUT2D eigenvalue weighted by atomic mass is 10.2. The van der Waals surface area contributed by atoms with Crippen LogP contribution >= 0.6 is 23.2 Å². The minimum absolute atomic E-state index is 0.553. The number of halogens is 2. The second kappa shape index (κ2) is 8.65. The molecule has 3 rings (SSSR count). The van der Waals surface area contributed by atoms with E-state index in [2.05, 4.69) is 21.9 Å². The summed E-state index contributed by atoms with van der Waals surface area (Å²) in [6.07, 6.45) is 0. The van der Waals surface area contributed by atoms with Gasteiger partial charge in [-0.15, -0.1) is 0 Å². The van der Waals surface area contributed by atoms with E-state index in [0.717, 1.165) is 38.5 Å². The Morgan fingerprint density at radius 2 is 1.68 bits per heavy atom. The predicted octanol–water partition coefficient (Wildman–Crippen LogP) is 4.20. The van der Waals surface area contributed by atoms with E-state index in [9.17, 15) is 0 Å². The molecule has 0 spiro atoms. The highest BCUT2D eigenvalue weighted by Gasteiger charge is 2.17. The van der Waals surface area contributed by atoms with Gasteiger partial charge in [-0.25, -0.2) is 0 Å². The van der Waals surface area contributed by atoms with Gasteiger partial charge in [-0.05, 0) is 42.5 Å². The molecule has 0 amide bonds. The van der Waals surface area contributed by atoms with Crippen molar-refractivity contribution in [3.63, 3.8) is 0 Å². The number of piperazine rings is 1. The third kappa shape index (κ3) is 4.94. The zero-order chi connectivity index (χ0) is 17.6.